The summed E-state index contributed by atoms with van der Waals surface area (Å²) in [6.45, 7) is 3.50. The minimum Gasteiger partial charge on any atom is -0.450 e. The molecule has 1 aromatic rings. The highest BCUT2D eigenvalue weighted by Crippen LogP contribution is 2.25. The standard InChI is InChI=1S/C13H16FNO3/c1-2-18-13(16)15-7-8-17-9-12(15)10-3-5-11(14)6-4-10/h3-6,12H,2,7-9H2,1H3. The molecule has 1 heterocycles. The zero-order valence-electron chi connectivity index (χ0n) is 10.3. The molecule has 0 spiro atoms. The number of halogens is 1. The van der Waals surface area contributed by atoms with Crippen molar-refractivity contribution in [3.05, 3.63) is 35.6 Å². The van der Waals surface area contributed by atoms with Gasteiger partial charge < -0.3 is 9.47 Å². The molecule has 0 aliphatic carbocycles. The Kier molecular flexibility index (Phi) is 4.15. The number of hydrogen-bond acceptors (Lipinski definition) is 3. The van der Waals surface area contributed by atoms with Gasteiger partial charge in [0.2, 0.25) is 0 Å². The van der Waals surface area contributed by atoms with Gasteiger partial charge in [0.1, 0.15) is 5.82 Å². The van der Waals surface area contributed by atoms with Crippen molar-refractivity contribution in [3.8, 4) is 0 Å². The molecule has 1 aromatic carbocycles. The summed E-state index contributed by atoms with van der Waals surface area (Å²) in [5.74, 6) is -0.293. The van der Waals surface area contributed by atoms with Gasteiger partial charge in [-0.2, -0.15) is 0 Å². The molecule has 1 atom stereocenters. The molecule has 2 rings (SSSR count). The topological polar surface area (TPSA) is 38.8 Å². The Morgan fingerprint density at radius 1 is 1.50 bits per heavy atom. The number of amides is 1. The first-order valence-corrected chi connectivity index (χ1v) is 5.99. The maximum Gasteiger partial charge on any atom is 0.410 e. The lowest BCUT2D eigenvalue weighted by Crippen LogP contribution is -2.43. The molecular formula is C13H16FNO3. The SMILES string of the molecule is CCOC(=O)N1CCOCC1c1ccc(F)cc1. The van der Waals surface area contributed by atoms with Gasteiger partial charge in [0.25, 0.3) is 0 Å². The number of hydrogen-bond donors (Lipinski definition) is 0. The maximum absolute atomic E-state index is 12.9. The van der Waals surface area contributed by atoms with Crippen LogP contribution >= 0.6 is 0 Å². The van der Waals surface area contributed by atoms with E-state index in [0.29, 0.717) is 26.4 Å². The van der Waals surface area contributed by atoms with Crippen LogP contribution in [0.3, 0.4) is 0 Å². The van der Waals surface area contributed by atoms with E-state index in [4.69, 9.17) is 9.47 Å². The van der Waals surface area contributed by atoms with Crippen LogP contribution in [-0.2, 0) is 9.47 Å². The summed E-state index contributed by atoms with van der Waals surface area (Å²) >= 11 is 0. The van der Waals surface area contributed by atoms with Crippen molar-refractivity contribution in [2.24, 2.45) is 0 Å². The first-order chi connectivity index (χ1) is 8.72. The summed E-state index contributed by atoms with van der Waals surface area (Å²) in [5.41, 5.74) is 0.851. The number of morpholine rings is 1. The maximum atomic E-state index is 12.9. The Labute approximate surface area is 105 Å². The minimum atomic E-state index is -0.352. The van der Waals surface area contributed by atoms with E-state index >= 15 is 0 Å². The largest absolute Gasteiger partial charge is 0.450 e. The Balaban J connectivity index is 2.17. The number of carbonyl (C=O) groups excluding carboxylic acids is 1. The van der Waals surface area contributed by atoms with Crippen LogP contribution in [0.1, 0.15) is 18.5 Å². The normalized spacial score (nSPS) is 19.7. The van der Waals surface area contributed by atoms with E-state index in [1.54, 1.807) is 24.0 Å². The van der Waals surface area contributed by atoms with Crippen LogP contribution in [0.2, 0.25) is 0 Å². The van der Waals surface area contributed by atoms with Gasteiger partial charge in [-0.05, 0) is 24.6 Å². The van der Waals surface area contributed by atoms with Crippen molar-refractivity contribution in [2.75, 3.05) is 26.4 Å². The third-order valence-electron chi connectivity index (χ3n) is 2.89. The third kappa shape index (κ3) is 2.79. The van der Waals surface area contributed by atoms with Crippen LogP contribution in [0, 0.1) is 5.82 Å². The van der Waals surface area contributed by atoms with Crippen LogP contribution in [0.15, 0.2) is 24.3 Å². The van der Waals surface area contributed by atoms with E-state index in [1.165, 1.54) is 12.1 Å². The quantitative estimate of drug-likeness (QED) is 0.812. The van der Waals surface area contributed by atoms with Gasteiger partial charge in [0.15, 0.2) is 0 Å². The summed E-state index contributed by atoms with van der Waals surface area (Å²) in [4.78, 5) is 13.4. The lowest BCUT2D eigenvalue weighted by atomic mass is 10.1. The average Bonchev–Trinajstić information content (AvgIpc) is 2.40. The molecule has 1 aliphatic rings. The van der Waals surface area contributed by atoms with E-state index in [-0.39, 0.29) is 18.0 Å². The van der Waals surface area contributed by atoms with Crippen LogP contribution < -0.4 is 0 Å². The van der Waals surface area contributed by atoms with Gasteiger partial charge in [0.05, 0.1) is 25.9 Å². The average molecular weight is 253 g/mol. The van der Waals surface area contributed by atoms with E-state index < -0.39 is 0 Å². The highest BCUT2D eigenvalue weighted by molar-refractivity contribution is 5.68. The molecule has 18 heavy (non-hydrogen) atoms. The molecule has 1 amide bonds. The molecular weight excluding hydrogens is 237 g/mol. The van der Waals surface area contributed by atoms with Gasteiger partial charge >= 0.3 is 6.09 Å². The summed E-state index contributed by atoms with van der Waals surface area (Å²) < 4.78 is 23.3. The van der Waals surface area contributed by atoms with Crippen molar-refractivity contribution < 1.29 is 18.7 Å². The zero-order chi connectivity index (χ0) is 13.0. The minimum absolute atomic E-state index is 0.210. The Morgan fingerprint density at radius 3 is 2.89 bits per heavy atom. The molecule has 0 bridgehead atoms. The number of ether oxygens (including phenoxy) is 2. The van der Waals surface area contributed by atoms with E-state index in [1.807, 2.05) is 0 Å². The summed E-state index contributed by atoms with van der Waals surface area (Å²) in [7, 11) is 0. The molecule has 1 fully saturated rings. The van der Waals surface area contributed by atoms with Gasteiger partial charge in [-0.3, -0.25) is 4.90 Å². The van der Waals surface area contributed by atoms with E-state index in [2.05, 4.69) is 0 Å². The van der Waals surface area contributed by atoms with Crippen molar-refractivity contribution >= 4 is 6.09 Å². The molecule has 1 saturated heterocycles. The molecule has 4 nitrogen and oxygen atoms in total. The number of rotatable bonds is 2. The van der Waals surface area contributed by atoms with E-state index in [9.17, 15) is 9.18 Å². The van der Waals surface area contributed by atoms with Crippen LogP contribution in [0.5, 0.6) is 0 Å². The second-order valence-corrected chi connectivity index (χ2v) is 4.03. The predicted molar refractivity (Wildman–Crippen MR) is 63.7 cm³/mol. The summed E-state index contributed by atoms with van der Waals surface area (Å²) in [5, 5.41) is 0. The monoisotopic (exact) mass is 253 g/mol. The van der Waals surface area contributed by atoms with Crippen molar-refractivity contribution in [2.45, 2.75) is 13.0 Å². The van der Waals surface area contributed by atoms with Gasteiger partial charge in [-0.25, -0.2) is 9.18 Å². The molecule has 5 heteroatoms. The fourth-order valence-electron chi connectivity index (χ4n) is 1.99. The molecule has 0 saturated carbocycles. The van der Waals surface area contributed by atoms with Crippen molar-refractivity contribution in [3.63, 3.8) is 0 Å². The number of nitrogens with zero attached hydrogens (tertiary/aromatic N) is 1. The van der Waals surface area contributed by atoms with Gasteiger partial charge in [0, 0.05) is 6.54 Å². The molecule has 0 N–H and O–H groups in total. The predicted octanol–water partition coefficient (Wildman–Crippen LogP) is 2.36. The fourth-order valence-corrected chi connectivity index (χ4v) is 1.99. The Hall–Kier alpha value is -1.62. The van der Waals surface area contributed by atoms with Gasteiger partial charge in [-0.1, -0.05) is 12.1 Å². The second kappa shape index (κ2) is 5.82. The van der Waals surface area contributed by atoms with Crippen molar-refractivity contribution in [1.29, 1.82) is 0 Å². The van der Waals surface area contributed by atoms with E-state index in [0.717, 1.165) is 5.56 Å². The summed E-state index contributed by atoms with van der Waals surface area (Å²) in [6.07, 6.45) is -0.352. The number of benzene rings is 1. The first kappa shape index (κ1) is 12.8. The van der Waals surface area contributed by atoms with Gasteiger partial charge in [-0.15, -0.1) is 0 Å². The molecule has 1 unspecified atom stereocenters. The highest BCUT2D eigenvalue weighted by atomic mass is 19.1. The molecule has 98 valence electrons. The summed E-state index contributed by atoms with van der Waals surface area (Å²) in [6, 6.07) is 5.89. The zero-order valence-corrected chi connectivity index (χ0v) is 10.3. The van der Waals surface area contributed by atoms with Crippen LogP contribution in [-0.4, -0.2) is 37.4 Å². The Morgan fingerprint density at radius 2 is 2.22 bits per heavy atom. The first-order valence-electron chi connectivity index (χ1n) is 5.99. The highest BCUT2D eigenvalue weighted by Gasteiger charge is 2.29. The second-order valence-electron chi connectivity index (χ2n) is 4.03. The van der Waals surface area contributed by atoms with Crippen LogP contribution in [0.4, 0.5) is 9.18 Å². The third-order valence-corrected chi connectivity index (χ3v) is 2.89. The number of carbonyl (C=O) groups is 1. The lowest BCUT2D eigenvalue weighted by Gasteiger charge is -2.34. The molecule has 0 aromatic heterocycles. The molecule has 1 aliphatic heterocycles. The fraction of sp³-hybridized carbons (Fsp3) is 0.462. The van der Waals surface area contributed by atoms with Crippen molar-refractivity contribution in [1.82, 2.24) is 4.90 Å². The smallest absolute Gasteiger partial charge is 0.410 e. The molecule has 0 radical (unpaired) electrons. The lowest BCUT2D eigenvalue weighted by molar-refractivity contribution is -0.00890. The Bertz CT molecular complexity index is 407. The van der Waals surface area contributed by atoms with Crippen LogP contribution in [0.25, 0.3) is 0 Å².